The largest absolute Gasteiger partial charge is 0.481 e. The van der Waals surface area contributed by atoms with Gasteiger partial charge >= 0.3 is 0 Å². The number of carbonyl (C=O) groups is 1. The molecule has 2 aliphatic rings. The summed E-state index contributed by atoms with van der Waals surface area (Å²) in [4.78, 5) is 17.1. The number of hydrogen-bond acceptors (Lipinski definition) is 5. The molecule has 29 heavy (non-hydrogen) atoms. The van der Waals surface area contributed by atoms with Gasteiger partial charge < -0.3 is 10.1 Å². The topological polar surface area (TPSA) is 86.9 Å². The molecule has 1 N–H and O–H groups in total. The molecule has 0 spiro atoms. The van der Waals surface area contributed by atoms with E-state index in [9.17, 15) is 4.79 Å². The maximum atomic E-state index is 13.0. The average molecular weight is 392 g/mol. The normalized spacial score (nSPS) is 17.2. The van der Waals surface area contributed by atoms with E-state index in [1.807, 2.05) is 43.0 Å². The quantitative estimate of drug-likeness (QED) is 0.697. The number of aromatic nitrogens is 5. The summed E-state index contributed by atoms with van der Waals surface area (Å²) >= 11 is 0. The molecule has 150 valence electrons. The van der Waals surface area contributed by atoms with Gasteiger partial charge in [-0.3, -0.25) is 14.2 Å². The first-order valence-corrected chi connectivity index (χ1v) is 9.90. The molecule has 1 amide bonds. The van der Waals surface area contributed by atoms with Crippen molar-refractivity contribution in [2.75, 3.05) is 7.11 Å². The summed E-state index contributed by atoms with van der Waals surface area (Å²) < 4.78 is 8.77. The minimum atomic E-state index is -0.377. The Morgan fingerprint density at radius 2 is 1.97 bits per heavy atom. The van der Waals surface area contributed by atoms with Crippen LogP contribution in [-0.4, -0.2) is 37.6 Å². The molecule has 0 aliphatic heterocycles. The lowest BCUT2D eigenvalue weighted by Gasteiger charge is -2.17. The fraction of sp³-hybridized carbons (Fsp3) is 0.429. The zero-order valence-electron chi connectivity index (χ0n) is 16.8. The molecule has 0 bridgehead atoms. The lowest BCUT2D eigenvalue weighted by molar-refractivity contribution is 0.0919. The van der Waals surface area contributed by atoms with Crippen molar-refractivity contribution in [3.05, 3.63) is 47.5 Å². The first kappa shape index (κ1) is 17.9. The molecule has 2 saturated carbocycles. The second kappa shape index (κ2) is 6.43. The van der Waals surface area contributed by atoms with Gasteiger partial charge in [0.1, 0.15) is 5.69 Å². The van der Waals surface area contributed by atoms with Crippen molar-refractivity contribution in [1.29, 1.82) is 0 Å². The van der Waals surface area contributed by atoms with Crippen LogP contribution in [0.25, 0.3) is 11.3 Å². The van der Waals surface area contributed by atoms with Crippen LogP contribution >= 0.6 is 0 Å². The number of carbonyl (C=O) groups excluding carboxylic acids is 1. The van der Waals surface area contributed by atoms with Crippen LogP contribution in [0.3, 0.4) is 0 Å². The van der Waals surface area contributed by atoms with Crippen molar-refractivity contribution in [2.24, 2.45) is 14.1 Å². The second-order valence-corrected chi connectivity index (χ2v) is 8.01. The van der Waals surface area contributed by atoms with E-state index in [4.69, 9.17) is 4.74 Å². The Kier molecular flexibility index (Phi) is 3.97. The van der Waals surface area contributed by atoms with Crippen LogP contribution in [0, 0.1) is 0 Å². The number of nitrogens with zero attached hydrogens (tertiary/aromatic N) is 5. The Bertz CT molecular complexity index is 1090. The SMILES string of the molecule is COc1cc(-c2cc(C3(NC(=O)c4cc(C5CC5)nn4C)CC3)n(C)n2)ccn1. The molecular weight excluding hydrogens is 368 g/mol. The summed E-state index contributed by atoms with van der Waals surface area (Å²) in [6.45, 7) is 0. The van der Waals surface area contributed by atoms with Gasteiger partial charge in [-0.15, -0.1) is 0 Å². The van der Waals surface area contributed by atoms with E-state index in [2.05, 4.69) is 20.5 Å². The molecule has 0 saturated heterocycles. The number of amides is 1. The summed E-state index contributed by atoms with van der Waals surface area (Å²) in [5.74, 6) is 0.985. The van der Waals surface area contributed by atoms with E-state index in [1.165, 1.54) is 12.8 Å². The third-order valence-corrected chi connectivity index (χ3v) is 5.84. The predicted molar refractivity (Wildman–Crippen MR) is 107 cm³/mol. The van der Waals surface area contributed by atoms with Gasteiger partial charge in [-0.05, 0) is 43.9 Å². The molecule has 0 radical (unpaired) electrons. The molecule has 0 atom stereocenters. The van der Waals surface area contributed by atoms with Crippen LogP contribution < -0.4 is 10.1 Å². The number of pyridine rings is 1. The second-order valence-electron chi connectivity index (χ2n) is 8.01. The van der Waals surface area contributed by atoms with Gasteiger partial charge in [0.15, 0.2) is 0 Å². The van der Waals surface area contributed by atoms with E-state index in [0.29, 0.717) is 17.5 Å². The van der Waals surface area contributed by atoms with Gasteiger partial charge in [-0.25, -0.2) is 4.98 Å². The highest BCUT2D eigenvalue weighted by Crippen LogP contribution is 2.46. The Labute approximate surface area is 168 Å². The third kappa shape index (κ3) is 3.18. The molecule has 2 fully saturated rings. The number of hydrogen-bond donors (Lipinski definition) is 1. The molecule has 5 rings (SSSR count). The number of ether oxygens (including phenoxy) is 1. The van der Waals surface area contributed by atoms with E-state index in [-0.39, 0.29) is 11.4 Å². The first-order valence-electron chi connectivity index (χ1n) is 9.90. The smallest absolute Gasteiger partial charge is 0.270 e. The van der Waals surface area contributed by atoms with Crippen molar-refractivity contribution in [2.45, 2.75) is 37.1 Å². The van der Waals surface area contributed by atoms with Crippen molar-refractivity contribution < 1.29 is 9.53 Å². The van der Waals surface area contributed by atoms with E-state index in [0.717, 1.165) is 35.5 Å². The van der Waals surface area contributed by atoms with E-state index >= 15 is 0 Å². The van der Waals surface area contributed by atoms with Crippen molar-refractivity contribution in [3.8, 4) is 17.1 Å². The number of aryl methyl sites for hydroxylation is 2. The zero-order chi connectivity index (χ0) is 20.2. The molecule has 0 unspecified atom stereocenters. The highest BCUT2D eigenvalue weighted by atomic mass is 16.5. The van der Waals surface area contributed by atoms with Gasteiger partial charge in [-0.1, -0.05) is 0 Å². The van der Waals surface area contributed by atoms with Crippen LogP contribution in [0.2, 0.25) is 0 Å². The van der Waals surface area contributed by atoms with Crippen LogP contribution in [0.1, 0.15) is 53.5 Å². The minimum absolute atomic E-state index is 0.0854. The van der Waals surface area contributed by atoms with Gasteiger partial charge in [0.05, 0.1) is 29.7 Å². The third-order valence-electron chi connectivity index (χ3n) is 5.84. The van der Waals surface area contributed by atoms with Crippen LogP contribution in [0.4, 0.5) is 0 Å². The highest BCUT2D eigenvalue weighted by Gasteiger charge is 2.48. The molecule has 0 aromatic carbocycles. The molecule has 3 aromatic rings. The Morgan fingerprint density at radius 3 is 2.66 bits per heavy atom. The van der Waals surface area contributed by atoms with Crippen LogP contribution in [0.15, 0.2) is 30.5 Å². The Hall–Kier alpha value is -3.16. The lowest BCUT2D eigenvalue weighted by atomic mass is 10.1. The minimum Gasteiger partial charge on any atom is -0.481 e. The lowest BCUT2D eigenvalue weighted by Crippen LogP contribution is -2.37. The molecule has 8 heteroatoms. The average Bonchev–Trinajstić information content (AvgIpc) is 3.63. The standard InChI is InChI=1S/C21H24N6O2/c1-26-17(11-15(24-26)13-4-5-13)20(28)23-21(7-8-21)18-12-16(25-27(18)2)14-6-9-22-19(10-14)29-3/h6,9-13H,4-5,7-8H2,1-3H3,(H,23,28). The van der Waals surface area contributed by atoms with Gasteiger partial charge in [-0.2, -0.15) is 10.2 Å². The van der Waals surface area contributed by atoms with Crippen molar-refractivity contribution in [3.63, 3.8) is 0 Å². The fourth-order valence-electron chi connectivity index (χ4n) is 3.87. The Balaban J connectivity index is 1.40. The first-order chi connectivity index (χ1) is 14.0. The van der Waals surface area contributed by atoms with E-state index < -0.39 is 0 Å². The van der Waals surface area contributed by atoms with Gasteiger partial charge in [0.25, 0.3) is 5.91 Å². The summed E-state index contributed by atoms with van der Waals surface area (Å²) in [6, 6.07) is 7.74. The van der Waals surface area contributed by atoms with Crippen molar-refractivity contribution in [1.82, 2.24) is 29.9 Å². The van der Waals surface area contributed by atoms with Gasteiger partial charge in [0.2, 0.25) is 5.88 Å². The number of nitrogens with one attached hydrogen (secondary N) is 1. The van der Waals surface area contributed by atoms with Crippen LogP contribution in [0.5, 0.6) is 5.88 Å². The summed E-state index contributed by atoms with van der Waals surface area (Å²) in [5.41, 5.74) is 4.03. The predicted octanol–water partition coefficient (Wildman–Crippen LogP) is 2.52. The highest BCUT2D eigenvalue weighted by molar-refractivity contribution is 5.93. The molecule has 3 aromatic heterocycles. The monoisotopic (exact) mass is 392 g/mol. The summed E-state index contributed by atoms with van der Waals surface area (Å²) in [6.07, 6.45) is 5.83. The molecule has 3 heterocycles. The fourth-order valence-corrected chi connectivity index (χ4v) is 3.87. The number of methoxy groups -OCH3 is 1. The molecule has 2 aliphatic carbocycles. The van der Waals surface area contributed by atoms with E-state index in [1.54, 1.807) is 18.0 Å². The number of rotatable bonds is 6. The molecular formula is C21H24N6O2. The molecule has 8 nitrogen and oxygen atoms in total. The zero-order valence-corrected chi connectivity index (χ0v) is 16.8. The van der Waals surface area contributed by atoms with Gasteiger partial charge in [0, 0.05) is 37.8 Å². The summed E-state index contributed by atoms with van der Waals surface area (Å²) in [5, 5.41) is 12.4. The van der Waals surface area contributed by atoms with Crippen molar-refractivity contribution >= 4 is 5.91 Å². The van der Waals surface area contributed by atoms with Crippen LogP contribution in [-0.2, 0) is 19.6 Å². The maximum Gasteiger partial charge on any atom is 0.270 e. The summed E-state index contributed by atoms with van der Waals surface area (Å²) in [7, 11) is 5.34. The Morgan fingerprint density at radius 1 is 1.17 bits per heavy atom. The maximum absolute atomic E-state index is 13.0.